The van der Waals surface area contributed by atoms with E-state index in [0.717, 1.165) is 86.4 Å². The normalized spacial score (nSPS) is 18.7. The first-order valence-electron chi connectivity index (χ1n) is 24.9. The zero-order chi connectivity index (χ0) is 51.6. The van der Waals surface area contributed by atoms with Gasteiger partial charge in [0.05, 0.1) is 107 Å². The lowest BCUT2D eigenvalue weighted by atomic mass is 10.1. The maximum absolute atomic E-state index is 15.2. The molecule has 2 atom stereocenters. The molecule has 0 saturated carbocycles. The van der Waals surface area contributed by atoms with Gasteiger partial charge >= 0.3 is 6.09 Å². The number of piperazine rings is 2. The Labute approximate surface area is 423 Å². The molecule has 73 heavy (non-hydrogen) atoms. The van der Waals surface area contributed by atoms with E-state index < -0.39 is 28.9 Å². The van der Waals surface area contributed by atoms with Crippen molar-refractivity contribution in [2.45, 2.75) is 66.2 Å². The number of nitrogens with zero attached hydrogens (tertiary/aromatic N) is 9. The highest BCUT2D eigenvalue weighted by Gasteiger charge is 2.33. The van der Waals surface area contributed by atoms with E-state index in [1.54, 1.807) is 23.5 Å². The van der Waals surface area contributed by atoms with Gasteiger partial charge in [-0.25, -0.2) is 32.3 Å². The van der Waals surface area contributed by atoms with Crippen LogP contribution in [0.25, 0.3) is 21.8 Å². The molecule has 4 aromatic heterocycles. The van der Waals surface area contributed by atoms with Gasteiger partial charge in [-0.05, 0) is 60.6 Å². The monoisotopic (exact) mass is 1010 g/mol. The molecule has 1 amide bonds. The Morgan fingerprint density at radius 3 is 1.58 bits per heavy atom. The molecule has 16 nitrogen and oxygen atoms in total. The number of ether oxygens (including phenoxy) is 3. The third-order valence-corrected chi connectivity index (χ3v) is 13.4. The van der Waals surface area contributed by atoms with Gasteiger partial charge in [0.15, 0.2) is 0 Å². The third kappa shape index (κ3) is 11.7. The van der Waals surface area contributed by atoms with E-state index in [1.165, 1.54) is 12.1 Å². The van der Waals surface area contributed by atoms with Crippen LogP contribution in [0.15, 0.2) is 61.2 Å². The second-order valence-electron chi connectivity index (χ2n) is 20.0. The molecule has 2 aromatic carbocycles. The van der Waals surface area contributed by atoms with Crippen LogP contribution in [-0.2, 0) is 14.2 Å². The molecule has 8 heterocycles. The molecule has 20 heteroatoms. The van der Waals surface area contributed by atoms with Crippen molar-refractivity contribution in [1.29, 1.82) is 0 Å². The van der Waals surface area contributed by atoms with Crippen molar-refractivity contribution < 1.29 is 36.6 Å². The van der Waals surface area contributed by atoms with Crippen molar-refractivity contribution in [3.8, 4) is 0 Å². The van der Waals surface area contributed by atoms with Crippen LogP contribution in [0, 0.1) is 37.1 Å². The lowest BCUT2D eigenvalue weighted by molar-refractivity contribution is 0.0158. The summed E-state index contributed by atoms with van der Waals surface area (Å²) >= 11 is 0. The Kier molecular flexibility index (Phi) is 15.2. The van der Waals surface area contributed by atoms with E-state index in [4.69, 9.17) is 19.2 Å². The average molecular weight is 1010 g/mol. The summed E-state index contributed by atoms with van der Waals surface area (Å²) in [5, 5.41) is 10.7. The van der Waals surface area contributed by atoms with E-state index in [9.17, 15) is 13.6 Å². The zero-order valence-corrected chi connectivity index (χ0v) is 42.5. The number of rotatable bonds is 8. The fourth-order valence-corrected chi connectivity index (χ4v) is 9.85. The SMILES string of the molecule is Cc1c(N2CCN(C(=O)OC(C)(C)C)[C@@H](C)C2)nc2cc(F)cc(F)c2c1Nc1cncc(N2CCOCC2)c1.Cc1c(N2CCN[C@@H](C)C2)nc2cc(F)cc(F)c2c1Nc1cncc(N2CCOCC2)c1. The second kappa shape index (κ2) is 21.8. The van der Waals surface area contributed by atoms with Gasteiger partial charge in [0.2, 0.25) is 0 Å². The number of pyridine rings is 4. The number of amides is 1. The standard InChI is InChI=1S/C29H36F2N6O3.C24H28F2N6O/c1-18-17-36(6-7-37(18)28(38)40-29(3,4)5)27-19(2)26(25-23(31)12-20(30)13-24(25)34-27)33-21-14-22(16-32-15-21)35-8-10-39-11-9-35;1-15-14-32(4-3-28-15)24-16(2)23(22-20(26)9-17(25)10-21(22)30-24)29-18-11-19(13-27-12-18)31-5-7-33-8-6-31/h12-16,18H,6-11,17H2,1-5H3,(H,33,34);9-13,15,28H,3-8,14H2,1-2H3,(H,29,30)/t18-;15-/m00/s1. The van der Waals surface area contributed by atoms with Crippen LogP contribution in [0.2, 0.25) is 0 Å². The predicted molar refractivity (Wildman–Crippen MR) is 278 cm³/mol. The number of morpholine rings is 2. The van der Waals surface area contributed by atoms with E-state index in [2.05, 4.69) is 57.4 Å². The Hall–Kier alpha value is -6.77. The average Bonchev–Trinajstić information content (AvgIpc) is 3.35. The molecule has 10 rings (SSSR count). The maximum Gasteiger partial charge on any atom is 0.410 e. The summed E-state index contributed by atoms with van der Waals surface area (Å²) in [7, 11) is 0. The van der Waals surface area contributed by atoms with E-state index in [-0.39, 0.29) is 28.4 Å². The third-order valence-electron chi connectivity index (χ3n) is 13.4. The van der Waals surface area contributed by atoms with Crippen LogP contribution < -0.4 is 35.6 Å². The highest BCUT2D eigenvalue weighted by atomic mass is 19.1. The molecule has 388 valence electrons. The van der Waals surface area contributed by atoms with Crippen molar-refractivity contribution in [1.82, 2.24) is 30.2 Å². The minimum absolute atomic E-state index is 0.157. The van der Waals surface area contributed by atoms with E-state index in [0.29, 0.717) is 86.1 Å². The molecule has 0 aliphatic carbocycles. The summed E-state index contributed by atoms with van der Waals surface area (Å²) in [5.41, 5.74) is 5.85. The molecule has 4 aliphatic rings. The van der Waals surface area contributed by atoms with E-state index >= 15 is 8.78 Å². The molecule has 3 N–H and O–H groups in total. The minimum atomic E-state index is -0.697. The Morgan fingerprint density at radius 2 is 1.12 bits per heavy atom. The van der Waals surface area contributed by atoms with Gasteiger partial charge in [-0.15, -0.1) is 0 Å². The minimum Gasteiger partial charge on any atom is -0.444 e. The lowest BCUT2D eigenvalue weighted by Gasteiger charge is -2.41. The molecule has 6 aromatic rings. The first kappa shape index (κ1) is 51.1. The number of hydrogen-bond donors (Lipinski definition) is 3. The molecule has 0 spiro atoms. The highest BCUT2D eigenvalue weighted by Crippen LogP contribution is 2.39. The molecular formula is C53H64F4N12O4. The Morgan fingerprint density at radius 1 is 0.644 bits per heavy atom. The van der Waals surface area contributed by atoms with Crippen molar-refractivity contribution in [2.24, 2.45) is 0 Å². The molecule has 0 unspecified atom stereocenters. The number of anilines is 8. The van der Waals surface area contributed by atoms with Gasteiger partial charge in [0.1, 0.15) is 40.5 Å². The number of carbonyl (C=O) groups excluding carboxylic acids is 1. The first-order chi connectivity index (χ1) is 35.0. The predicted octanol–water partition coefficient (Wildman–Crippen LogP) is 8.84. The van der Waals surface area contributed by atoms with Crippen LogP contribution in [0.5, 0.6) is 0 Å². The summed E-state index contributed by atoms with van der Waals surface area (Å²) in [6.45, 7) is 22.9. The highest BCUT2D eigenvalue weighted by molar-refractivity contribution is 5.99. The Balaban J connectivity index is 0.000000183. The fourth-order valence-electron chi connectivity index (χ4n) is 9.85. The van der Waals surface area contributed by atoms with Crippen LogP contribution in [0.3, 0.4) is 0 Å². The van der Waals surface area contributed by atoms with Crippen molar-refractivity contribution in [2.75, 3.05) is 122 Å². The summed E-state index contributed by atoms with van der Waals surface area (Å²) in [6.07, 6.45) is 6.64. The number of benzene rings is 2. The van der Waals surface area contributed by atoms with Gasteiger partial charge in [-0.3, -0.25) is 9.97 Å². The number of hydrogen-bond acceptors (Lipinski definition) is 15. The van der Waals surface area contributed by atoms with Gasteiger partial charge in [-0.1, -0.05) is 0 Å². The largest absolute Gasteiger partial charge is 0.444 e. The van der Waals surface area contributed by atoms with Gasteiger partial charge in [-0.2, -0.15) is 0 Å². The molecule has 4 fully saturated rings. The smallest absolute Gasteiger partial charge is 0.410 e. The number of fused-ring (bicyclic) bond motifs is 2. The van der Waals surface area contributed by atoms with Gasteiger partial charge in [0.25, 0.3) is 0 Å². The van der Waals surface area contributed by atoms with Crippen LogP contribution in [0.1, 0.15) is 45.7 Å². The number of nitrogens with one attached hydrogen (secondary N) is 3. The summed E-state index contributed by atoms with van der Waals surface area (Å²) in [4.78, 5) is 41.3. The number of halogens is 4. The van der Waals surface area contributed by atoms with Crippen molar-refractivity contribution in [3.63, 3.8) is 0 Å². The quantitative estimate of drug-likeness (QED) is 0.125. The maximum atomic E-state index is 15.2. The van der Waals surface area contributed by atoms with Gasteiger partial charge in [0, 0.05) is 113 Å². The number of aromatic nitrogens is 4. The van der Waals surface area contributed by atoms with Crippen LogP contribution in [0.4, 0.5) is 68.1 Å². The topological polar surface area (TPSA) is 149 Å². The lowest BCUT2D eigenvalue weighted by Crippen LogP contribution is -2.55. The Bertz CT molecular complexity index is 2970. The summed E-state index contributed by atoms with van der Waals surface area (Å²) in [6, 6.07) is 8.42. The molecule has 0 bridgehead atoms. The molecule has 0 radical (unpaired) electrons. The van der Waals surface area contributed by atoms with Gasteiger partial charge < -0.3 is 54.7 Å². The first-order valence-corrected chi connectivity index (χ1v) is 24.9. The zero-order valence-electron chi connectivity index (χ0n) is 42.5. The molecule has 4 saturated heterocycles. The fraction of sp³-hybridized carbons (Fsp3) is 0.453. The number of carbonyl (C=O) groups is 1. The molecular weight excluding hydrogens is 945 g/mol. The molecule has 4 aliphatic heterocycles. The summed E-state index contributed by atoms with van der Waals surface area (Å²) < 4.78 is 75.2. The van der Waals surface area contributed by atoms with Crippen LogP contribution >= 0.6 is 0 Å². The summed E-state index contributed by atoms with van der Waals surface area (Å²) in [5.74, 6) is -1.33. The van der Waals surface area contributed by atoms with Crippen LogP contribution in [-0.4, -0.2) is 140 Å². The van der Waals surface area contributed by atoms with Crippen molar-refractivity contribution in [3.05, 3.63) is 95.6 Å². The van der Waals surface area contributed by atoms with E-state index in [1.807, 2.05) is 59.9 Å². The van der Waals surface area contributed by atoms with Crippen molar-refractivity contribution >= 4 is 73.7 Å². The second-order valence-corrected chi connectivity index (χ2v) is 20.0.